The van der Waals surface area contributed by atoms with E-state index in [4.69, 9.17) is 5.53 Å². The van der Waals surface area contributed by atoms with Gasteiger partial charge in [-0.15, -0.1) is 0 Å². The normalized spacial score (nSPS) is 22.0. The van der Waals surface area contributed by atoms with Crippen LogP contribution in [0.5, 0.6) is 0 Å². The van der Waals surface area contributed by atoms with Gasteiger partial charge in [0.25, 0.3) is 0 Å². The highest BCUT2D eigenvalue weighted by Gasteiger charge is 2.26. The zero-order valence-electron chi connectivity index (χ0n) is 6.55. The van der Waals surface area contributed by atoms with Crippen LogP contribution in [0.3, 0.4) is 0 Å². The Balaban J connectivity index is 2.47. The van der Waals surface area contributed by atoms with E-state index in [-0.39, 0.29) is 12.3 Å². The zero-order chi connectivity index (χ0) is 9.03. The molecule has 0 radical (unpaired) electrons. The fourth-order valence-electron chi connectivity index (χ4n) is 1.14. The molecule has 7 heteroatoms. The molecule has 0 aromatic carbocycles. The van der Waals surface area contributed by atoms with E-state index in [0.717, 1.165) is 0 Å². The van der Waals surface area contributed by atoms with Crippen LogP contribution in [0.4, 0.5) is 0 Å². The summed E-state index contributed by atoms with van der Waals surface area (Å²) in [5.41, 5.74) is 7.96. The maximum absolute atomic E-state index is 11.1. The van der Waals surface area contributed by atoms with Crippen LogP contribution in [0.25, 0.3) is 10.4 Å². The number of nitrogens with zero attached hydrogens (tertiary/aromatic N) is 4. The molecule has 6 nitrogen and oxygen atoms in total. The van der Waals surface area contributed by atoms with Crippen molar-refractivity contribution in [2.45, 2.75) is 6.42 Å². The summed E-state index contributed by atoms with van der Waals surface area (Å²) in [5.74, 6) is 0.225. The highest BCUT2D eigenvalue weighted by Crippen LogP contribution is 2.11. The summed E-state index contributed by atoms with van der Waals surface area (Å²) in [4.78, 5) is 2.55. The van der Waals surface area contributed by atoms with E-state index in [1.165, 1.54) is 4.31 Å². The van der Waals surface area contributed by atoms with Gasteiger partial charge in [-0.3, -0.25) is 0 Å². The van der Waals surface area contributed by atoms with E-state index in [2.05, 4.69) is 10.0 Å². The van der Waals surface area contributed by atoms with Crippen molar-refractivity contribution >= 4 is 10.0 Å². The van der Waals surface area contributed by atoms with Gasteiger partial charge in [0.2, 0.25) is 10.0 Å². The third-order valence-electron chi connectivity index (χ3n) is 1.72. The van der Waals surface area contributed by atoms with Crippen LogP contribution in [0.2, 0.25) is 0 Å². The van der Waals surface area contributed by atoms with Gasteiger partial charge in [-0.05, 0) is 12.0 Å². The Labute approximate surface area is 70.8 Å². The summed E-state index contributed by atoms with van der Waals surface area (Å²) < 4.78 is 23.7. The molecule has 12 heavy (non-hydrogen) atoms. The Kier molecular flexibility index (Phi) is 2.91. The van der Waals surface area contributed by atoms with Crippen molar-refractivity contribution in [3.8, 4) is 0 Å². The highest BCUT2D eigenvalue weighted by molar-refractivity contribution is 7.89. The summed E-state index contributed by atoms with van der Waals surface area (Å²) in [6.45, 7) is 1.09. The lowest BCUT2D eigenvalue weighted by atomic mass is 10.5. The van der Waals surface area contributed by atoms with Crippen molar-refractivity contribution in [3.63, 3.8) is 0 Å². The van der Waals surface area contributed by atoms with Crippen LogP contribution in [-0.4, -0.2) is 38.1 Å². The van der Waals surface area contributed by atoms with E-state index in [9.17, 15) is 8.42 Å². The molecule has 0 aliphatic carbocycles. The second-order valence-corrected chi connectivity index (χ2v) is 4.61. The van der Waals surface area contributed by atoms with Crippen LogP contribution in [0.15, 0.2) is 5.11 Å². The number of hydrogen-bond donors (Lipinski definition) is 0. The molecule has 0 aromatic rings. The minimum absolute atomic E-state index is 0.218. The summed E-state index contributed by atoms with van der Waals surface area (Å²) in [6, 6.07) is 0. The van der Waals surface area contributed by atoms with Crippen LogP contribution in [0.1, 0.15) is 6.42 Å². The monoisotopic (exact) mass is 190 g/mol. The summed E-state index contributed by atoms with van der Waals surface area (Å²) >= 11 is 0. The van der Waals surface area contributed by atoms with Crippen molar-refractivity contribution in [2.24, 2.45) is 5.11 Å². The van der Waals surface area contributed by atoms with Crippen LogP contribution in [-0.2, 0) is 10.0 Å². The van der Waals surface area contributed by atoms with Gasteiger partial charge in [0.15, 0.2) is 0 Å². The fraction of sp³-hybridized carbons (Fsp3) is 1.00. The maximum Gasteiger partial charge on any atom is 0.214 e. The first-order valence-electron chi connectivity index (χ1n) is 3.65. The largest absolute Gasteiger partial charge is 0.214 e. The van der Waals surface area contributed by atoms with Gasteiger partial charge in [-0.2, -0.15) is 0 Å². The van der Waals surface area contributed by atoms with Gasteiger partial charge < -0.3 is 0 Å². The number of azide groups is 1. The number of sulfonamides is 1. The minimum atomic E-state index is -3.02. The van der Waals surface area contributed by atoms with Crippen molar-refractivity contribution in [3.05, 3.63) is 10.4 Å². The lowest BCUT2D eigenvalue weighted by Gasteiger charge is -2.11. The molecule has 0 spiro atoms. The molecule has 1 heterocycles. The highest BCUT2D eigenvalue weighted by atomic mass is 32.2. The third kappa shape index (κ3) is 2.10. The lowest BCUT2D eigenvalue weighted by Crippen LogP contribution is -2.28. The molecule has 1 aliphatic heterocycles. The first kappa shape index (κ1) is 9.31. The molecule has 0 amide bonds. The van der Waals surface area contributed by atoms with Crippen molar-refractivity contribution in [1.29, 1.82) is 0 Å². The molecule has 68 valence electrons. The summed E-state index contributed by atoms with van der Waals surface area (Å²) in [5, 5.41) is 3.28. The van der Waals surface area contributed by atoms with Gasteiger partial charge >= 0.3 is 0 Å². The molecule has 1 saturated heterocycles. The Morgan fingerprint density at radius 1 is 1.58 bits per heavy atom. The van der Waals surface area contributed by atoms with E-state index >= 15 is 0 Å². The van der Waals surface area contributed by atoms with Gasteiger partial charge in [0.05, 0.1) is 5.75 Å². The average Bonchev–Trinajstić information content (AvgIpc) is 2.32. The van der Waals surface area contributed by atoms with E-state index in [0.29, 0.717) is 19.5 Å². The predicted molar refractivity (Wildman–Crippen MR) is 44.0 cm³/mol. The van der Waals surface area contributed by atoms with Crippen molar-refractivity contribution in [1.82, 2.24) is 4.31 Å². The molecule has 0 aromatic heterocycles. The molecule has 0 saturated carbocycles. The molecule has 0 N–H and O–H groups in total. The molecule has 1 rings (SSSR count). The van der Waals surface area contributed by atoms with E-state index < -0.39 is 10.0 Å². The Bertz CT molecular complexity index is 293. The number of hydrogen-bond acceptors (Lipinski definition) is 3. The zero-order valence-corrected chi connectivity index (χ0v) is 7.37. The molecular formula is C5H10N4O2S. The molecule has 0 bridgehead atoms. The topological polar surface area (TPSA) is 86.1 Å². The summed E-state index contributed by atoms with van der Waals surface area (Å²) in [7, 11) is -3.02. The lowest BCUT2D eigenvalue weighted by molar-refractivity contribution is 0.452. The van der Waals surface area contributed by atoms with Crippen molar-refractivity contribution in [2.75, 3.05) is 25.4 Å². The second-order valence-electron chi connectivity index (χ2n) is 2.52. The molecular weight excluding hydrogens is 180 g/mol. The van der Waals surface area contributed by atoms with Crippen LogP contribution in [0, 0.1) is 0 Å². The van der Waals surface area contributed by atoms with E-state index in [1.807, 2.05) is 0 Å². The third-order valence-corrected chi connectivity index (χ3v) is 3.67. The number of rotatable bonds is 3. The maximum atomic E-state index is 11.1. The van der Waals surface area contributed by atoms with E-state index in [1.54, 1.807) is 0 Å². The van der Waals surface area contributed by atoms with Crippen LogP contribution >= 0.6 is 0 Å². The first-order chi connectivity index (χ1) is 5.67. The summed E-state index contributed by atoms with van der Waals surface area (Å²) in [6.07, 6.45) is 0.679. The molecule has 0 unspecified atom stereocenters. The Hall–Kier alpha value is -0.780. The quantitative estimate of drug-likeness (QED) is 0.365. The predicted octanol–water partition coefficient (Wildman–Crippen LogP) is 0.332. The average molecular weight is 190 g/mol. The molecule has 1 fully saturated rings. The van der Waals surface area contributed by atoms with Gasteiger partial charge in [-0.1, -0.05) is 5.11 Å². The Morgan fingerprint density at radius 2 is 2.33 bits per heavy atom. The minimum Gasteiger partial charge on any atom is -0.212 e. The smallest absolute Gasteiger partial charge is 0.212 e. The van der Waals surface area contributed by atoms with Gasteiger partial charge in [-0.25, -0.2) is 12.7 Å². The van der Waals surface area contributed by atoms with Gasteiger partial charge in [0, 0.05) is 24.5 Å². The first-order valence-corrected chi connectivity index (χ1v) is 5.26. The fourth-order valence-corrected chi connectivity index (χ4v) is 2.66. The Morgan fingerprint density at radius 3 is 2.83 bits per heavy atom. The molecule has 0 atom stereocenters. The SMILES string of the molecule is [N-]=[N+]=NCCN1CCCS1(=O)=O. The standard InChI is InChI=1S/C5H10N4O2S/c6-8-7-2-4-9-3-1-5-12(9,10)11/h1-5H2. The van der Waals surface area contributed by atoms with Crippen molar-refractivity contribution < 1.29 is 8.42 Å². The molecule has 1 aliphatic rings. The van der Waals surface area contributed by atoms with Crippen LogP contribution < -0.4 is 0 Å². The van der Waals surface area contributed by atoms with Gasteiger partial charge in [0.1, 0.15) is 0 Å². The second kappa shape index (κ2) is 3.75.